The molecule has 0 heterocycles. The highest BCUT2D eigenvalue weighted by molar-refractivity contribution is 5.28. The van der Waals surface area contributed by atoms with Crippen LogP contribution in [0.1, 0.15) is 37.7 Å². The van der Waals surface area contributed by atoms with E-state index >= 15 is 0 Å². The molecule has 1 aromatic carbocycles. The Morgan fingerprint density at radius 1 is 1.20 bits per heavy atom. The van der Waals surface area contributed by atoms with Crippen LogP contribution in [-0.4, -0.2) is 31.1 Å². The summed E-state index contributed by atoms with van der Waals surface area (Å²) in [4.78, 5) is 2.43. The maximum absolute atomic E-state index is 8.63. The van der Waals surface area contributed by atoms with Crippen LogP contribution in [-0.2, 0) is 6.42 Å². The monoisotopic (exact) mass is 272 g/mol. The van der Waals surface area contributed by atoms with Crippen molar-refractivity contribution in [2.45, 2.75) is 44.6 Å². The molecule has 0 atom stereocenters. The maximum atomic E-state index is 8.63. The van der Waals surface area contributed by atoms with Gasteiger partial charge in [0.2, 0.25) is 0 Å². The van der Waals surface area contributed by atoms with E-state index in [1.165, 1.54) is 32.1 Å². The Morgan fingerprint density at radius 2 is 1.90 bits per heavy atom. The Labute approximate surface area is 122 Å². The third-order valence-corrected chi connectivity index (χ3v) is 4.12. The molecule has 0 bridgehead atoms. The Kier molecular flexibility index (Phi) is 5.88. The molecule has 1 fully saturated rings. The topological polar surface area (TPSA) is 36.3 Å². The number of likely N-dealkylation sites (N-methyl/N-ethyl adjacent to an activating group) is 1. The van der Waals surface area contributed by atoms with E-state index in [-0.39, 0.29) is 0 Å². The number of rotatable bonds is 6. The van der Waals surface area contributed by atoms with Crippen molar-refractivity contribution >= 4 is 0 Å². The van der Waals surface area contributed by atoms with Crippen LogP contribution in [0.25, 0.3) is 0 Å². The number of hydrogen-bond donors (Lipinski definition) is 0. The minimum Gasteiger partial charge on any atom is -0.492 e. The molecule has 0 aromatic heterocycles. The lowest BCUT2D eigenvalue weighted by atomic mass is 9.94. The summed E-state index contributed by atoms with van der Waals surface area (Å²) in [5.74, 6) is 0.892. The van der Waals surface area contributed by atoms with Gasteiger partial charge in [0.05, 0.1) is 12.5 Å². The van der Waals surface area contributed by atoms with Crippen LogP contribution < -0.4 is 4.74 Å². The Balaban J connectivity index is 1.70. The number of nitriles is 1. The normalized spacial score (nSPS) is 16.1. The van der Waals surface area contributed by atoms with Gasteiger partial charge in [0, 0.05) is 12.6 Å². The lowest BCUT2D eigenvalue weighted by Crippen LogP contribution is -2.36. The van der Waals surface area contributed by atoms with Crippen molar-refractivity contribution < 1.29 is 4.74 Å². The lowest BCUT2D eigenvalue weighted by Gasteiger charge is -2.31. The fraction of sp³-hybridized carbons (Fsp3) is 0.588. The molecule has 0 radical (unpaired) electrons. The first-order valence-corrected chi connectivity index (χ1v) is 7.58. The lowest BCUT2D eigenvalue weighted by molar-refractivity contribution is 0.160. The second-order valence-electron chi connectivity index (χ2n) is 5.60. The molecular weight excluding hydrogens is 248 g/mol. The highest BCUT2D eigenvalue weighted by Gasteiger charge is 2.17. The van der Waals surface area contributed by atoms with Crippen LogP contribution in [0.2, 0.25) is 0 Å². The molecule has 0 N–H and O–H groups in total. The molecule has 0 aliphatic heterocycles. The standard InChI is InChI=1S/C17H24N2O/c1-19(16-5-3-2-4-6-16)13-14-20-17-9-7-15(8-10-17)11-12-18/h7-10,16H,2-6,11,13-14H2,1H3. The number of nitrogens with zero attached hydrogens (tertiary/aromatic N) is 2. The zero-order valence-electron chi connectivity index (χ0n) is 12.3. The average molecular weight is 272 g/mol. The molecule has 20 heavy (non-hydrogen) atoms. The Hall–Kier alpha value is -1.53. The van der Waals surface area contributed by atoms with Gasteiger partial charge in [-0.25, -0.2) is 0 Å². The summed E-state index contributed by atoms with van der Waals surface area (Å²) in [6.45, 7) is 1.70. The molecule has 2 rings (SSSR count). The first kappa shape index (κ1) is 14.9. The van der Waals surface area contributed by atoms with E-state index in [2.05, 4.69) is 18.0 Å². The third-order valence-electron chi connectivity index (χ3n) is 4.12. The molecule has 0 amide bonds. The first-order chi connectivity index (χ1) is 9.79. The quantitative estimate of drug-likeness (QED) is 0.796. The summed E-state index contributed by atoms with van der Waals surface area (Å²) in [7, 11) is 2.20. The Bertz CT molecular complexity index is 429. The molecule has 0 saturated heterocycles. The van der Waals surface area contributed by atoms with Crippen LogP contribution in [0.3, 0.4) is 0 Å². The van der Waals surface area contributed by atoms with Crippen LogP contribution in [0, 0.1) is 11.3 Å². The smallest absolute Gasteiger partial charge is 0.119 e. The predicted molar refractivity (Wildman–Crippen MR) is 80.8 cm³/mol. The van der Waals surface area contributed by atoms with E-state index in [4.69, 9.17) is 10.00 Å². The van der Waals surface area contributed by atoms with Gasteiger partial charge in [-0.2, -0.15) is 5.26 Å². The first-order valence-electron chi connectivity index (χ1n) is 7.58. The zero-order chi connectivity index (χ0) is 14.2. The SMILES string of the molecule is CN(CCOc1ccc(CC#N)cc1)C1CCCCC1. The van der Waals surface area contributed by atoms with E-state index in [9.17, 15) is 0 Å². The van der Waals surface area contributed by atoms with Gasteiger partial charge in [-0.15, -0.1) is 0 Å². The number of benzene rings is 1. The summed E-state index contributed by atoms with van der Waals surface area (Å²) >= 11 is 0. The largest absolute Gasteiger partial charge is 0.492 e. The van der Waals surface area contributed by atoms with Gasteiger partial charge in [0.15, 0.2) is 0 Å². The van der Waals surface area contributed by atoms with Crippen LogP contribution in [0.4, 0.5) is 0 Å². The van der Waals surface area contributed by atoms with E-state index in [0.717, 1.165) is 30.5 Å². The highest BCUT2D eigenvalue weighted by atomic mass is 16.5. The molecule has 0 spiro atoms. The second-order valence-corrected chi connectivity index (χ2v) is 5.60. The van der Waals surface area contributed by atoms with Crippen LogP contribution >= 0.6 is 0 Å². The molecule has 1 saturated carbocycles. The summed E-state index contributed by atoms with van der Waals surface area (Å²) in [5, 5.41) is 8.63. The summed E-state index contributed by atoms with van der Waals surface area (Å²) in [5.41, 5.74) is 1.04. The highest BCUT2D eigenvalue weighted by Crippen LogP contribution is 2.21. The molecule has 108 valence electrons. The van der Waals surface area contributed by atoms with Crippen molar-refractivity contribution in [1.82, 2.24) is 4.90 Å². The maximum Gasteiger partial charge on any atom is 0.119 e. The van der Waals surface area contributed by atoms with Gasteiger partial charge in [0.1, 0.15) is 12.4 Å². The van der Waals surface area contributed by atoms with Gasteiger partial charge in [-0.05, 0) is 37.6 Å². The molecule has 0 unspecified atom stereocenters. The van der Waals surface area contributed by atoms with Crippen molar-refractivity contribution in [2.75, 3.05) is 20.2 Å². The Morgan fingerprint density at radius 3 is 2.55 bits per heavy atom. The third kappa shape index (κ3) is 4.54. The van der Waals surface area contributed by atoms with Gasteiger partial charge in [-0.3, -0.25) is 0 Å². The molecule has 1 aliphatic carbocycles. The molecule has 3 nitrogen and oxygen atoms in total. The fourth-order valence-corrected chi connectivity index (χ4v) is 2.81. The van der Waals surface area contributed by atoms with Crippen molar-refractivity contribution in [2.24, 2.45) is 0 Å². The van der Waals surface area contributed by atoms with Crippen LogP contribution in [0.15, 0.2) is 24.3 Å². The molecular formula is C17H24N2O. The van der Waals surface area contributed by atoms with E-state index in [1.807, 2.05) is 24.3 Å². The van der Waals surface area contributed by atoms with E-state index < -0.39 is 0 Å². The van der Waals surface area contributed by atoms with E-state index in [0.29, 0.717) is 6.42 Å². The summed E-state index contributed by atoms with van der Waals surface area (Å²) in [6.07, 6.45) is 7.27. The van der Waals surface area contributed by atoms with Gasteiger partial charge >= 0.3 is 0 Å². The second kappa shape index (κ2) is 7.91. The minimum atomic E-state index is 0.463. The molecule has 1 aromatic rings. The minimum absolute atomic E-state index is 0.463. The van der Waals surface area contributed by atoms with Crippen LogP contribution in [0.5, 0.6) is 5.75 Å². The van der Waals surface area contributed by atoms with Gasteiger partial charge in [0.25, 0.3) is 0 Å². The van der Waals surface area contributed by atoms with E-state index in [1.54, 1.807) is 0 Å². The van der Waals surface area contributed by atoms with Crippen molar-refractivity contribution in [3.8, 4) is 11.8 Å². The van der Waals surface area contributed by atoms with Crippen molar-refractivity contribution in [3.63, 3.8) is 0 Å². The predicted octanol–water partition coefficient (Wildman–Crippen LogP) is 3.40. The molecule has 3 heteroatoms. The molecule has 1 aliphatic rings. The van der Waals surface area contributed by atoms with Gasteiger partial charge < -0.3 is 9.64 Å². The average Bonchev–Trinajstić information content (AvgIpc) is 2.50. The number of ether oxygens (including phenoxy) is 1. The van der Waals surface area contributed by atoms with Crippen molar-refractivity contribution in [3.05, 3.63) is 29.8 Å². The van der Waals surface area contributed by atoms with Crippen molar-refractivity contribution in [1.29, 1.82) is 5.26 Å². The fourth-order valence-electron chi connectivity index (χ4n) is 2.81. The summed E-state index contributed by atoms with van der Waals surface area (Å²) < 4.78 is 5.78. The zero-order valence-corrected chi connectivity index (χ0v) is 12.3. The summed E-state index contributed by atoms with van der Waals surface area (Å²) in [6, 6.07) is 10.7. The number of hydrogen-bond acceptors (Lipinski definition) is 3. The van der Waals surface area contributed by atoms with Gasteiger partial charge in [-0.1, -0.05) is 31.4 Å².